The maximum Gasteiger partial charge on any atom is 0.314 e. The van der Waals surface area contributed by atoms with Crippen LogP contribution in [0.1, 0.15) is 56.7 Å². The van der Waals surface area contributed by atoms with E-state index in [-0.39, 0.29) is 5.41 Å². The maximum absolute atomic E-state index is 11.7. The van der Waals surface area contributed by atoms with Crippen molar-refractivity contribution in [1.82, 2.24) is 0 Å². The van der Waals surface area contributed by atoms with Crippen molar-refractivity contribution in [2.24, 2.45) is 0 Å². The van der Waals surface area contributed by atoms with E-state index in [1.807, 2.05) is 19.1 Å². The Hall–Kier alpha value is -1.51. The first-order chi connectivity index (χ1) is 9.22. The molecule has 0 unspecified atom stereocenters. The van der Waals surface area contributed by atoms with Gasteiger partial charge in [-0.25, -0.2) is 0 Å². The van der Waals surface area contributed by atoms with Crippen molar-refractivity contribution in [3.63, 3.8) is 0 Å². The fourth-order valence-electron chi connectivity index (χ4n) is 3.03. The Morgan fingerprint density at radius 2 is 1.90 bits per heavy atom. The average molecular weight is 276 g/mol. The van der Waals surface area contributed by atoms with Gasteiger partial charge in [-0.1, -0.05) is 39.3 Å². The fourth-order valence-corrected chi connectivity index (χ4v) is 3.03. The lowest BCUT2D eigenvalue weighted by atomic mass is 9.63. The zero-order valence-corrected chi connectivity index (χ0v) is 13.0. The summed E-state index contributed by atoms with van der Waals surface area (Å²) in [5.74, 6) is 0.175. The van der Waals surface area contributed by atoms with E-state index in [0.29, 0.717) is 0 Å². The summed E-state index contributed by atoms with van der Waals surface area (Å²) in [5.41, 5.74) is 2.27. The number of hydrogen-bond acceptors (Lipinski definition) is 2. The van der Waals surface area contributed by atoms with Crippen molar-refractivity contribution >= 4 is 5.97 Å². The maximum atomic E-state index is 11.7. The van der Waals surface area contributed by atoms with Crippen LogP contribution in [0.3, 0.4) is 0 Å². The van der Waals surface area contributed by atoms with Crippen molar-refractivity contribution in [2.45, 2.75) is 57.8 Å². The Morgan fingerprint density at radius 3 is 2.25 bits per heavy atom. The molecule has 0 atom stereocenters. The van der Waals surface area contributed by atoms with Crippen molar-refractivity contribution in [1.29, 1.82) is 0 Å². The van der Waals surface area contributed by atoms with Gasteiger partial charge in [0.05, 0.1) is 12.5 Å². The molecule has 0 radical (unpaired) electrons. The van der Waals surface area contributed by atoms with Gasteiger partial charge in [-0.2, -0.15) is 0 Å². The SMILES string of the molecule is COc1c(C)cc(C2(C(=O)O)CCC2)cc1C(C)(C)C. The van der Waals surface area contributed by atoms with Crippen molar-refractivity contribution in [2.75, 3.05) is 7.11 Å². The van der Waals surface area contributed by atoms with E-state index >= 15 is 0 Å². The van der Waals surface area contributed by atoms with Crippen LogP contribution >= 0.6 is 0 Å². The fraction of sp³-hybridized carbons (Fsp3) is 0.588. The summed E-state index contributed by atoms with van der Waals surface area (Å²) >= 11 is 0. The van der Waals surface area contributed by atoms with E-state index in [1.165, 1.54) is 0 Å². The number of ether oxygens (including phenoxy) is 1. The summed E-state index contributed by atoms with van der Waals surface area (Å²) in [7, 11) is 1.67. The Morgan fingerprint density at radius 1 is 1.30 bits per heavy atom. The third-order valence-corrected chi connectivity index (χ3v) is 4.46. The van der Waals surface area contributed by atoms with Gasteiger partial charge in [0.25, 0.3) is 0 Å². The van der Waals surface area contributed by atoms with Gasteiger partial charge in [0.2, 0.25) is 0 Å². The molecule has 1 saturated carbocycles. The first kappa shape index (κ1) is 14.9. The summed E-state index contributed by atoms with van der Waals surface area (Å²) in [6.07, 6.45) is 2.46. The standard InChI is InChI=1S/C17H24O3/c1-11-9-12(17(15(18)19)7-6-8-17)10-13(14(11)20-5)16(2,3)4/h9-10H,6-8H2,1-5H3,(H,18,19). The number of carboxylic acid groups (broad SMARTS) is 1. The smallest absolute Gasteiger partial charge is 0.314 e. The minimum atomic E-state index is -0.701. The van der Waals surface area contributed by atoms with Crippen LogP contribution < -0.4 is 4.74 Å². The number of benzene rings is 1. The second-order valence-electron chi connectivity index (χ2n) is 6.86. The predicted octanol–water partition coefficient (Wildman–Crippen LogP) is 3.81. The molecule has 3 heteroatoms. The zero-order valence-electron chi connectivity index (χ0n) is 13.0. The van der Waals surface area contributed by atoms with Gasteiger partial charge < -0.3 is 9.84 Å². The molecule has 2 rings (SSSR count). The zero-order chi connectivity index (χ0) is 15.1. The van der Waals surface area contributed by atoms with E-state index in [1.54, 1.807) is 7.11 Å². The normalized spacial score (nSPS) is 17.4. The molecule has 3 nitrogen and oxygen atoms in total. The summed E-state index contributed by atoms with van der Waals surface area (Å²) in [6.45, 7) is 8.37. The van der Waals surface area contributed by atoms with Crippen LogP contribution in [-0.2, 0) is 15.6 Å². The Balaban J connectivity index is 2.63. The second-order valence-corrected chi connectivity index (χ2v) is 6.86. The van der Waals surface area contributed by atoms with Gasteiger partial charge in [0, 0.05) is 5.56 Å². The summed E-state index contributed by atoms with van der Waals surface area (Å²) < 4.78 is 5.53. The van der Waals surface area contributed by atoms with Gasteiger partial charge in [-0.05, 0) is 36.3 Å². The van der Waals surface area contributed by atoms with Crippen LogP contribution in [0.25, 0.3) is 0 Å². The number of aryl methyl sites for hydroxylation is 1. The summed E-state index contributed by atoms with van der Waals surface area (Å²) in [5, 5.41) is 9.62. The molecular weight excluding hydrogens is 252 g/mol. The highest BCUT2D eigenvalue weighted by molar-refractivity contribution is 5.83. The molecule has 1 aliphatic rings. The highest BCUT2D eigenvalue weighted by atomic mass is 16.5. The molecule has 20 heavy (non-hydrogen) atoms. The van der Waals surface area contributed by atoms with E-state index < -0.39 is 11.4 Å². The van der Waals surface area contributed by atoms with Crippen LogP contribution in [0.5, 0.6) is 5.75 Å². The molecule has 0 aliphatic heterocycles. The van der Waals surface area contributed by atoms with E-state index in [2.05, 4.69) is 20.8 Å². The van der Waals surface area contributed by atoms with Crippen molar-refractivity contribution in [3.05, 3.63) is 28.8 Å². The van der Waals surface area contributed by atoms with Crippen LogP contribution in [0.4, 0.5) is 0 Å². The molecule has 1 aromatic carbocycles. The van der Waals surface area contributed by atoms with Crippen LogP contribution in [0.15, 0.2) is 12.1 Å². The molecule has 0 bridgehead atoms. The van der Waals surface area contributed by atoms with Crippen LogP contribution in [-0.4, -0.2) is 18.2 Å². The number of hydrogen-bond donors (Lipinski definition) is 1. The van der Waals surface area contributed by atoms with Gasteiger partial charge in [-0.15, -0.1) is 0 Å². The lowest BCUT2D eigenvalue weighted by Crippen LogP contribution is -2.42. The Bertz CT molecular complexity index is 534. The van der Waals surface area contributed by atoms with Crippen LogP contribution in [0.2, 0.25) is 0 Å². The van der Waals surface area contributed by atoms with E-state index in [0.717, 1.165) is 41.7 Å². The molecule has 1 N–H and O–H groups in total. The van der Waals surface area contributed by atoms with E-state index in [9.17, 15) is 9.90 Å². The Labute approximate surface area is 121 Å². The minimum Gasteiger partial charge on any atom is -0.496 e. The first-order valence-corrected chi connectivity index (χ1v) is 7.15. The molecule has 110 valence electrons. The minimum absolute atomic E-state index is 0.0739. The third kappa shape index (κ3) is 2.19. The third-order valence-electron chi connectivity index (χ3n) is 4.46. The lowest BCUT2D eigenvalue weighted by Gasteiger charge is -2.39. The molecule has 0 amide bonds. The quantitative estimate of drug-likeness (QED) is 0.913. The molecule has 1 fully saturated rings. The number of rotatable bonds is 3. The van der Waals surface area contributed by atoms with Crippen molar-refractivity contribution in [3.8, 4) is 5.75 Å². The Kier molecular flexibility index (Phi) is 3.57. The van der Waals surface area contributed by atoms with Gasteiger partial charge in [-0.3, -0.25) is 4.79 Å². The van der Waals surface area contributed by atoms with Crippen molar-refractivity contribution < 1.29 is 14.6 Å². The largest absolute Gasteiger partial charge is 0.496 e. The molecular formula is C17H24O3. The highest BCUT2D eigenvalue weighted by Crippen LogP contribution is 2.47. The molecule has 1 aliphatic carbocycles. The predicted molar refractivity (Wildman–Crippen MR) is 79.6 cm³/mol. The molecule has 1 aromatic rings. The summed E-state index contributed by atoms with van der Waals surface area (Å²) in [4.78, 5) is 11.7. The van der Waals surface area contributed by atoms with Gasteiger partial charge >= 0.3 is 5.97 Å². The average Bonchev–Trinajstić information content (AvgIpc) is 2.24. The number of aliphatic carboxylic acids is 1. The lowest BCUT2D eigenvalue weighted by molar-refractivity contribution is -0.147. The number of carboxylic acids is 1. The molecule has 0 spiro atoms. The topological polar surface area (TPSA) is 46.5 Å². The van der Waals surface area contributed by atoms with E-state index in [4.69, 9.17) is 4.74 Å². The molecule has 0 saturated heterocycles. The monoisotopic (exact) mass is 276 g/mol. The van der Waals surface area contributed by atoms with Gasteiger partial charge in [0.1, 0.15) is 5.75 Å². The number of methoxy groups -OCH3 is 1. The molecule has 0 aromatic heterocycles. The number of carbonyl (C=O) groups is 1. The second kappa shape index (κ2) is 4.80. The van der Waals surface area contributed by atoms with Crippen LogP contribution in [0, 0.1) is 6.92 Å². The highest BCUT2D eigenvalue weighted by Gasteiger charge is 2.46. The molecule has 0 heterocycles. The summed E-state index contributed by atoms with van der Waals surface area (Å²) in [6, 6.07) is 4.03. The van der Waals surface area contributed by atoms with Gasteiger partial charge in [0.15, 0.2) is 0 Å². The first-order valence-electron chi connectivity index (χ1n) is 7.15.